The zero-order valence-electron chi connectivity index (χ0n) is 10.0. The van der Waals surface area contributed by atoms with Gasteiger partial charge in [0.25, 0.3) is 0 Å². The smallest absolute Gasteiger partial charge is 0.236 e. The lowest BCUT2D eigenvalue weighted by Gasteiger charge is -2.26. The maximum atomic E-state index is 11.4. The number of rotatable bonds is 2. The van der Waals surface area contributed by atoms with Crippen LogP contribution in [0.15, 0.2) is 12.3 Å². The first-order valence-electron chi connectivity index (χ1n) is 6.00. The number of carbonyl (C=O) groups is 1. The van der Waals surface area contributed by atoms with Crippen LogP contribution in [0.5, 0.6) is 0 Å². The SMILES string of the molecule is Cc1nccc(C2CCC(C(=O)NN)CC2)n1. The Hall–Kier alpha value is -1.49. The monoisotopic (exact) mass is 234 g/mol. The Balaban J connectivity index is 1.97. The maximum Gasteiger partial charge on any atom is 0.236 e. The molecular weight excluding hydrogens is 216 g/mol. The molecule has 17 heavy (non-hydrogen) atoms. The van der Waals surface area contributed by atoms with Gasteiger partial charge in [0.05, 0.1) is 0 Å². The summed E-state index contributed by atoms with van der Waals surface area (Å²) < 4.78 is 0. The van der Waals surface area contributed by atoms with Crippen molar-refractivity contribution in [3.63, 3.8) is 0 Å². The molecule has 0 atom stereocenters. The van der Waals surface area contributed by atoms with Crippen LogP contribution in [0.25, 0.3) is 0 Å². The van der Waals surface area contributed by atoms with Gasteiger partial charge in [-0.25, -0.2) is 15.8 Å². The number of hydrogen-bond acceptors (Lipinski definition) is 4. The number of amides is 1. The largest absolute Gasteiger partial charge is 0.294 e. The average Bonchev–Trinajstić information content (AvgIpc) is 2.38. The third-order valence-electron chi connectivity index (χ3n) is 3.46. The number of hydrogen-bond donors (Lipinski definition) is 2. The Labute approximate surface area is 101 Å². The summed E-state index contributed by atoms with van der Waals surface area (Å²) in [5.41, 5.74) is 3.33. The molecule has 0 aromatic carbocycles. The zero-order valence-corrected chi connectivity index (χ0v) is 10.0. The number of aromatic nitrogens is 2. The molecule has 0 bridgehead atoms. The average molecular weight is 234 g/mol. The lowest BCUT2D eigenvalue weighted by atomic mass is 9.80. The summed E-state index contributed by atoms with van der Waals surface area (Å²) in [7, 11) is 0. The second-order valence-corrected chi connectivity index (χ2v) is 4.59. The van der Waals surface area contributed by atoms with E-state index in [4.69, 9.17) is 5.84 Å². The Morgan fingerprint density at radius 3 is 2.71 bits per heavy atom. The van der Waals surface area contributed by atoms with E-state index in [-0.39, 0.29) is 11.8 Å². The van der Waals surface area contributed by atoms with E-state index in [1.54, 1.807) is 6.20 Å². The molecule has 1 aliphatic carbocycles. The highest BCUT2D eigenvalue weighted by Gasteiger charge is 2.27. The molecule has 5 heteroatoms. The van der Waals surface area contributed by atoms with Gasteiger partial charge in [-0.3, -0.25) is 10.2 Å². The van der Waals surface area contributed by atoms with Crippen LogP contribution in [-0.4, -0.2) is 15.9 Å². The molecule has 1 heterocycles. The molecule has 0 saturated heterocycles. The lowest BCUT2D eigenvalue weighted by Crippen LogP contribution is -2.37. The molecule has 1 amide bonds. The highest BCUT2D eigenvalue weighted by atomic mass is 16.2. The van der Waals surface area contributed by atoms with Crippen LogP contribution < -0.4 is 11.3 Å². The van der Waals surface area contributed by atoms with E-state index in [2.05, 4.69) is 15.4 Å². The van der Waals surface area contributed by atoms with Crippen molar-refractivity contribution in [2.75, 3.05) is 0 Å². The van der Waals surface area contributed by atoms with Gasteiger partial charge in [-0.1, -0.05) is 0 Å². The van der Waals surface area contributed by atoms with Gasteiger partial charge >= 0.3 is 0 Å². The van der Waals surface area contributed by atoms with Crippen molar-refractivity contribution in [3.8, 4) is 0 Å². The summed E-state index contributed by atoms with van der Waals surface area (Å²) in [6.45, 7) is 1.90. The van der Waals surface area contributed by atoms with Crippen molar-refractivity contribution in [1.82, 2.24) is 15.4 Å². The van der Waals surface area contributed by atoms with Crippen LogP contribution in [0.3, 0.4) is 0 Å². The standard InChI is InChI=1S/C12H18N4O/c1-8-14-7-6-11(15-8)9-2-4-10(5-3-9)12(17)16-13/h6-7,9-10H,2-5,13H2,1H3,(H,16,17). The van der Waals surface area contributed by atoms with Crippen LogP contribution in [0, 0.1) is 12.8 Å². The van der Waals surface area contributed by atoms with Crippen LogP contribution in [0.1, 0.15) is 43.1 Å². The first kappa shape index (κ1) is 12.0. The number of hydrazine groups is 1. The summed E-state index contributed by atoms with van der Waals surface area (Å²) in [5, 5.41) is 0. The molecule has 1 saturated carbocycles. The van der Waals surface area contributed by atoms with Gasteiger partial charge < -0.3 is 0 Å². The number of nitrogens with two attached hydrogens (primary N) is 1. The van der Waals surface area contributed by atoms with Crippen LogP contribution in [0.4, 0.5) is 0 Å². The molecule has 0 aliphatic heterocycles. The van der Waals surface area contributed by atoms with Crippen LogP contribution >= 0.6 is 0 Å². The van der Waals surface area contributed by atoms with E-state index in [9.17, 15) is 4.79 Å². The molecule has 0 radical (unpaired) electrons. The summed E-state index contributed by atoms with van der Waals surface area (Å²) in [4.78, 5) is 20.0. The van der Waals surface area contributed by atoms with Crippen molar-refractivity contribution < 1.29 is 4.79 Å². The van der Waals surface area contributed by atoms with Gasteiger partial charge in [0.1, 0.15) is 5.82 Å². The Kier molecular flexibility index (Phi) is 3.68. The van der Waals surface area contributed by atoms with Gasteiger partial charge in [0.15, 0.2) is 0 Å². The minimum Gasteiger partial charge on any atom is -0.294 e. The van der Waals surface area contributed by atoms with Gasteiger partial charge in [-0.05, 0) is 38.7 Å². The highest BCUT2D eigenvalue weighted by Crippen LogP contribution is 2.34. The van der Waals surface area contributed by atoms with Crippen molar-refractivity contribution in [2.45, 2.75) is 38.5 Å². The number of aryl methyl sites for hydroxylation is 1. The molecule has 0 unspecified atom stereocenters. The van der Waals surface area contributed by atoms with Crippen molar-refractivity contribution in [2.24, 2.45) is 11.8 Å². The summed E-state index contributed by atoms with van der Waals surface area (Å²) in [5.74, 6) is 6.44. The quantitative estimate of drug-likeness (QED) is 0.455. The number of nitrogens with zero attached hydrogens (tertiary/aromatic N) is 2. The molecule has 1 aromatic heterocycles. The van der Waals surface area contributed by atoms with E-state index in [1.165, 1.54) is 0 Å². The molecule has 2 rings (SSSR count). The normalized spacial score (nSPS) is 24.4. The first-order chi connectivity index (χ1) is 8.20. The molecule has 1 fully saturated rings. The minimum absolute atomic E-state index is 0.0395. The molecule has 1 aromatic rings. The summed E-state index contributed by atoms with van der Waals surface area (Å²) >= 11 is 0. The third kappa shape index (κ3) is 2.79. The predicted molar refractivity (Wildman–Crippen MR) is 63.8 cm³/mol. The molecular formula is C12H18N4O. The van der Waals surface area contributed by atoms with E-state index in [0.29, 0.717) is 5.92 Å². The van der Waals surface area contributed by atoms with Gasteiger partial charge in [-0.15, -0.1) is 0 Å². The van der Waals surface area contributed by atoms with Gasteiger partial charge in [-0.2, -0.15) is 0 Å². The van der Waals surface area contributed by atoms with Gasteiger partial charge in [0, 0.05) is 23.7 Å². The van der Waals surface area contributed by atoms with Crippen molar-refractivity contribution in [1.29, 1.82) is 0 Å². The minimum atomic E-state index is -0.0395. The third-order valence-corrected chi connectivity index (χ3v) is 3.46. The zero-order chi connectivity index (χ0) is 12.3. The number of carbonyl (C=O) groups excluding carboxylic acids is 1. The van der Waals surface area contributed by atoms with Crippen molar-refractivity contribution in [3.05, 3.63) is 23.8 Å². The van der Waals surface area contributed by atoms with Crippen LogP contribution in [0.2, 0.25) is 0 Å². The van der Waals surface area contributed by atoms with Gasteiger partial charge in [0.2, 0.25) is 5.91 Å². The summed E-state index contributed by atoms with van der Waals surface area (Å²) in [6, 6.07) is 1.97. The highest BCUT2D eigenvalue weighted by molar-refractivity contribution is 5.78. The molecule has 3 N–H and O–H groups in total. The topological polar surface area (TPSA) is 80.9 Å². The van der Waals surface area contributed by atoms with E-state index >= 15 is 0 Å². The second kappa shape index (κ2) is 5.23. The van der Waals surface area contributed by atoms with Crippen molar-refractivity contribution >= 4 is 5.91 Å². The fourth-order valence-electron chi connectivity index (χ4n) is 2.47. The molecule has 5 nitrogen and oxygen atoms in total. The fraction of sp³-hybridized carbons (Fsp3) is 0.583. The van der Waals surface area contributed by atoms with E-state index < -0.39 is 0 Å². The molecule has 92 valence electrons. The molecule has 0 spiro atoms. The predicted octanol–water partition coefficient (Wildman–Crippen LogP) is 1.05. The number of nitrogens with one attached hydrogen (secondary N) is 1. The lowest BCUT2D eigenvalue weighted by molar-refractivity contribution is -0.126. The van der Waals surface area contributed by atoms with E-state index in [1.807, 2.05) is 13.0 Å². The van der Waals surface area contributed by atoms with Crippen LogP contribution in [-0.2, 0) is 4.79 Å². The van der Waals surface area contributed by atoms with E-state index in [0.717, 1.165) is 37.2 Å². The Morgan fingerprint density at radius 2 is 2.12 bits per heavy atom. The Morgan fingerprint density at radius 1 is 1.41 bits per heavy atom. The Bertz CT molecular complexity index is 399. The second-order valence-electron chi connectivity index (χ2n) is 4.59. The molecule has 1 aliphatic rings. The maximum absolute atomic E-state index is 11.4. The first-order valence-corrected chi connectivity index (χ1v) is 6.00. The fourth-order valence-corrected chi connectivity index (χ4v) is 2.47. The summed E-state index contributed by atoms with van der Waals surface area (Å²) in [6.07, 6.45) is 5.56.